The first kappa shape index (κ1) is 16.4. The summed E-state index contributed by atoms with van der Waals surface area (Å²) in [7, 11) is 0. The molecule has 2 aromatic rings. The first-order chi connectivity index (χ1) is 10.8. The summed E-state index contributed by atoms with van der Waals surface area (Å²) in [5.41, 5.74) is 2.33. The molecule has 2 rings (SSSR count). The van der Waals surface area contributed by atoms with Crippen LogP contribution in [0.1, 0.15) is 16.7 Å². The Morgan fingerprint density at radius 2 is 1.87 bits per heavy atom. The summed E-state index contributed by atoms with van der Waals surface area (Å²) < 4.78 is 1.05. The van der Waals surface area contributed by atoms with Crippen LogP contribution >= 0.6 is 0 Å². The fourth-order valence-electron chi connectivity index (χ4n) is 2.16. The second-order valence-corrected chi connectivity index (χ2v) is 5.42. The molecule has 1 amide bonds. The summed E-state index contributed by atoms with van der Waals surface area (Å²) in [5.74, 6) is -0.421. The Bertz CT molecular complexity index is 840. The van der Waals surface area contributed by atoms with Gasteiger partial charge in [-0.1, -0.05) is 6.07 Å². The lowest BCUT2D eigenvalue weighted by atomic mass is 10.1. The van der Waals surface area contributed by atoms with Gasteiger partial charge >= 0.3 is 0 Å². The largest absolute Gasteiger partial charge is 0.325 e. The maximum absolute atomic E-state index is 12.1. The predicted molar refractivity (Wildman–Crippen MR) is 86.6 cm³/mol. The molecule has 0 unspecified atom stereocenters. The van der Waals surface area contributed by atoms with Crippen molar-refractivity contribution in [2.45, 2.75) is 27.3 Å². The summed E-state index contributed by atoms with van der Waals surface area (Å²) in [4.78, 5) is 34.3. The van der Waals surface area contributed by atoms with Gasteiger partial charge in [-0.25, -0.2) is 0 Å². The lowest BCUT2D eigenvalue weighted by Gasteiger charge is -2.09. The predicted octanol–water partition coefficient (Wildman–Crippen LogP) is 2.32. The van der Waals surface area contributed by atoms with Crippen molar-refractivity contribution < 1.29 is 9.72 Å². The normalized spacial score (nSPS) is 10.4. The molecule has 0 bridgehead atoms. The van der Waals surface area contributed by atoms with E-state index in [2.05, 4.69) is 5.32 Å². The van der Waals surface area contributed by atoms with Crippen molar-refractivity contribution in [2.75, 3.05) is 5.32 Å². The van der Waals surface area contributed by atoms with Crippen LogP contribution in [-0.4, -0.2) is 15.4 Å². The highest BCUT2D eigenvalue weighted by Crippen LogP contribution is 2.14. The lowest BCUT2D eigenvalue weighted by Crippen LogP contribution is -2.28. The molecule has 0 fully saturated rings. The van der Waals surface area contributed by atoms with Crippen LogP contribution in [0.5, 0.6) is 0 Å². The molecule has 7 nitrogen and oxygen atoms in total. The molecule has 0 aliphatic carbocycles. The maximum atomic E-state index is 12.1. The van der Waals surface area contributed by atoms with Crippen molar-refractivity contribution in [2.24, 2.45) is 0 Å². The van der Waals surface area contributed by atoms with Crippen molar-refractivity contribution in [1.82, 2.24) is 4.57 Å². The van der Waals surface area contributed by atoms with E-state index in [4.69, 9.17) is 0 Å². The molecule has 0 spiro atoms. The van der Waals surface area contributed by atoms with Gasteiger partial charge in [-0.2, -0.15) is 0 Å². The standard InChI is InChI=1S/C16H17N3O4/c1-10-4-5-13(6-11(10)2)17-15(20)9-18-8-14(19(22)23)7-12(3)16(18)21/h4-8H,9H2,1-3H3,(H,17,20). The van der Waals surface area contributed by atoms with Crippen molar-refractivity contribution in [1.29, 1.82) is 0 Å². The van der Waals surface area contributed by atoms with Crippen LogP contribution in [-0.2, 0) is 11.3 Å². The highest BCUT2D eigenvalue weighted by molar-refractivity contribution is 5.90. The number of aryl methyl sites for hydroxylation is 3. The number of amides is 1. The highest BCUT2D eigenvalue weighted by Gasteiger charge is 2.13. The Morgan fingerprint density at radius 3 is 2.48 bits per heavy atom. The van der Waals surface area contributed by atoms with Crippen LogP contribution < -0.4 is 10.9 Å². The number of hydrogen-bond donors (Lipinski definition) is 1. The van der Waals surface area contributed by atoms with Crippen molar-refractivity contribution in [3.8, 4) is 0 Å². The zero-order chi connectivity index (χ0) is 17.1. The van der Waals surface area contributed by atoms with Crippen LogP contribution in [0.4, 0.5) is 11.4 Å². The van der Waals surface area contributed by atoms with Crippen LogP contribution in [0.2, 0.25) is 0 Å². The number of nitro groups is 1. The zero-order valence-corrected chi connectivity index (χ0v) is 13.1. The van der Waals surface area contributed by atoms with Crippen LogP contribution in [0.3, 0.4) is 0 Å². The van der Waals surface area contributed by atoms with E-state index in [1.807, 2.05) is 26.0 Å². The first-order valence-corrected chi connectivity index (χ1v) is 7.00. The smallest absolute Gasteiger partial charge is 0.286 e. The number of benzene rings is 1. The van der Waals surface area contributed by atoms with Crippen LogP contribution in [0.15, 0.2) is 35.3 Å². The van der Waals surface area contributed by atoms with E-state index in [9.17, 15) is 19.7 Å². The zero-order valence-electron chi connectivity index (χ0n) is 13.1. The van der Waals surface area contributed by atoms with E-state index < -0.39 is 16.4 Å². The molecule has 1 heterocycles. The first-order valence-electron chi connectivity index (χ1n) is 7.00. The Balaban J connectivity index is 2.21. The number of carbonyl (C=O) groups is 1. The van der Waals surface area contributed by atoms with Gasteiger partial charge in [-0.05, 0) is 44.0 Å². The van der Waals surface area contributed by atoms with E-state index in [0.717, 1.165) is 21.9 Å². The third-order valence-electron chi connectivity index (χ3n) is 3.57. The van der Waals surface area contributed by atoms with Crippen molar-refractivity contribution in [3.63, 3.8) is 0 Å². The molecular formula is C16H17N3O4. The highest BCUT2D eigenvalue weighted by atomic mass is 16.6. The van der Waals surface area contributed by atoms with Gasteiger partial charge in [0.15, 0.2) is 0 Å². The second kappa shape index (κ2) is 6.43. The van der Waals surface area contributed by atoms with Gasteiger partial charge in [-0.15, -0.1) is 0 Å². The molecule has 0 saturated carbocycles. The lowest BCUT2D eigenvalue weighted by molar-refractivity contribution is -0.385. The van der Waals surface area contributed by atoms with Crippen LogP contribution in [0.25, 0.3) is 0 Å². The average molecular weight is 315 g/mol. The molecule has 1 N–H and O–H groups in total. The number of anilines is 1. The summed E-state index contributed by atoms with van der Waals surface area (Å²) >= 11 is 0. The number of aromatic nitrogens is 1. The van der Waals surface area contributed by atoms with Gasteiger partial charge in [0.05, 0.1) is 11.1 Å². The fourth-order valence-corrected chi connectivity index (χ4v) is 2.16. The second-order valence-electron chi connectivity index (χ2n) is 5.42. The van der Waals surface area contributed by atoms with E-state index in [-0.39, 0.29) is 17.8 Å². The number of nitrogens with zero attached hydrogens (tertiary/aromatic N) is 2. The topological polar surface area (TPSA) is 94.2 Å². The maximum Gasteiger partial charge on any atom is 0.286 e. The summed E-state index contributed by atoms with van der Waals surface area (Å²) in [6.45, 7) is 5.09. The summed E-state index contributed by atoms with van der Waals surface area (Å²) in [6, 6.07) is 6.67. The molecule has 120 valence electrons. The fraction of sp³-hybridized carbons (Fsp3) is 0.250. The number of pyridine rings is 1. The Hall–Kier alpha value is -2.96. The molecular weight excluding hydrogens is 298 g/mol. The van der Waals surface area contributed by atoms with Gasteiger partial charge < -0.3 is 5.32 Å². The molecule has 0 aliphatic rings. The third kappa shape index (κ3) is 3.82. The Labute approximate surface area is 132 Å². The van der Waals surface area contributed by atoms with Gasteiger partial charge in [0.2, 0.25) is 5.91 Å². The number of rotatable bonds is 4. The van der Waals surface area contributed by atoms with E-state index >= 15 is 0 Å². The minimum Gasteiger partial charge on any atom is -0.325 e. The molecule has 7 heteroatoms. The molecule has 0 atom stereocenters. The Morgan fingerprint density at radius 1 is 1.17 bits per heavy atom. The summed E-state index contributed by atoms with van der Waals surface area (Å²) in [6.07, 6.45) is 1.08. The van der Waals surface area contributed by atoms with E-state index in [1.54, 1.807) is 6.07 Å². The molecule has 1 aromatic carbocycles. The van der Waals surface area contributed by atoms with Gasteiger partial charge in [0.25, 0.3) is 11.2 Å². The van der Waals surface area contributed by atoms with Gasteiger partial charge in [-0.3, -0.25) is 24.3 Å². The monoisotopic (exact) mass is 315 g/mol. The van der Waals surface area contributed by atoms with Crippen molar-refractivity contribution in [3.05, 3.63) is 67.6 Å². The number of carbonyl (C=O) groups excluding carboxylic acids is 1. The number of nitrogens with one attached hydrogen (secondary N) is 1. The van der Waals surface area contributed by atoms with E-state index in [1.165, 1.54) is 13.0 Å². The average Bonchev–Trinajstić information content (AvgIpc) is 2.47. The minimum atomic E-state index is -0.593. The summed E-state index contributed by atoms with van der Waals surface area (Å²) in [5, 5.41) is 13.5. The van der Waals surface area contributed by atoms with Crippen molar-refractivity contribution >= 4 is 17.3 Å². The van der Waals surface area contributed by atoms with Crippen LogP contribution in [0, 0.1) is 30.9 Å². The SMILES string of the molecule is Cc1ccc(NC(=O)Cn2cc([N+](=O)[O-])cc(C)c2=O)cc1C. The Kier molecular flexibility index (Phi) is 4.59. The minimum absolute atomic E-state index is 0.221. The molecule has 0 saturated heterocycles. The molecule has 0 radical (unpaired) electrons. The third-order valence-corrected chi connectivity index (χ3v) is 3.57. The molecule has 1 aromatic heterocycles. The van der Waals surface area contributed by atoms with E-state index in [0.29, 0.717) is 5.69 Å². The van der Waals surface area contributed by atoms with Gasteiger partial charge in [0, 0.05) is 17.3 Å². The number of hydrogen-bond acceptors (Lipinski definition) is 4. The quantitative estimate of drug-likeness (QED) is 0.692. The molecule has 0 aliphatic heterocycles. The van der Waals surface area contributed by atoms with Gasteiger partial charge in [0.1, 0.15) is 6.54 Å². The molecule has 23 heavy (non-hydrogen) atoms.